The van der Waals surface area contributed by atoms with Crippen molar-refractivity contribution in [2.24, 2.45) is 5.73 Å². The number of hydrogen-bond acceptors (Lipinski definition) is 5. The van der Waals surface area contributed by atoms with Crippen LogP contribution < -0.4 is 5.73 Å². The van der Waals surface area contributed by atoms with Gasteiger partial charge in [-0.25, -0.2) is 0 Å². The number of ether oxygens (including phenoxy) is 2. The molecule has 2 unspecified atom stereocenters. The summed E-state index contributed by atoms with van der Waals surface area (Å²) in [6.45, 7) is 4.74. The lowest BCUT2D eigenvalue weighted by Crippen LogP contribution is -2.43. The quantitative estimate of drug-likeness (QED) is 0.690. The average Bonchev–Trinajstić information content (AvgIpc) is 2.42. The summed E-state index contributed by atoms with van der Waals surface area (Å²) in [4.78, 5) is 22.7. The number of ketones is 1. The molecule has 0 aromatic carbocycles. The molecule has 0 amide bonds. The van der Waals surface area contributed by atoms with E-state index in [0.29, 0.717) is 12.2 Å². The summed E-state index contributed by atoms with van der Waals surface area (Å²) >= 11 is 0. The van der Waals surface area contributed by atoms with Gasteiger partial charge in [0.2, 0.25) is 5.78 Å². The number of hydrogen-bond donors (Lipinski definition) is 1. The number of allylic oxidation sites excluding steroid dienone is 1. The summed E-state index contributed by atoms with van der Waals surface area (Å²) < 4.78 is 10.2. The van der Waals surface area contributed by atoms with Gasteiger partial charge in [0.25, 0.3) is 0 Å². The van der Waals surface area contributed by atoms with E-state index in [1.54, 1.807) is 0 Å². The van der Waals surface area contributed by atoms with Crippen LogP contribution in [0.15, 0.2) is 11.8 Å². The highest BCUT2D eigenvalue weighted by Gasteiger charge is 2.43. The number of nitrogens with two attached hydrogens (primary N) is 1. The molecule has 15 heavy (non-hydrogen) atoms. The van der Waals surface area contributed by atoms with Crippen LogP contribution in [0.25, 0.3) is 0 Å². The van der Waals surface area contributed by atoms with Crippen LogP contribution in [0, 0.1) is 0 Å². The highest BCUT2D eigenvalue weighted by Crippen LogP contribution is 2.27. The molecule has 5 nitrogen and oxygen atoms in total. The van der Waals surface area contributed by atoms with Crippen molar-refractivity contribution in [3.8, 4) is 0 Å². The molecule has 0 aromatic rings. The highest BCUT2D eigenvalue weighted by molar-refractivity contribution is 5.99. The third kappa shape index (κ3) is 2.36. The van der Waals surface area contributed by atoms with E-state index in [0.717, 1.165) is 0 Å². The fraction of sp³-hybridized carbons (Fsp3) is 0.600. The van der Waals surface area contributed by atoms with Crippen LogP contribution in [0.2, 0.25) is 0 Å². The Morgan fingerprint density at radius 2 is 2.33 bits per heavy atom. The van der Waals surface area contributed by atoms with Crippen molar-refractivity contribution in [1.29, 1.82) is 0 Å². The molecule has 2 atom stereocenters. The van der Waals surface area contributed by atoms with E-state index in [1.807, 2.05) is 6.92 Å². The molecular formula is C10H15NO4. The van der Waals surface area contributed by atoms with Crippen LogP contribution >= 0.6 is 0 Å². The van der Waals surface area contributed by atoms with E-state index in [9.17, 15) is 9.59 Å². The van der Waals surface area contributed by atoms with E-state index in [1.165, 1.54) is 19.9 Å². The molecular weight excluding hydrogens is 198 g/mol. The van der Waals surface area contributed by atoms with Crippen LogP contribution in [0.1, 0.15) is 27.2 Å². The minimum atomic E-state index is -1.53. The summed E-state index contributed by atoms with van der Waals surface area (Å²) in [6, 6.07) is -0.774. The smallest absolute Gasteiger partial charge is 0.326 e. The molecule has 0 aliphatic carbocycles. The average molecular weight is 213 g/mol. The predicted molar refractivity (Wildman–Crippen MR) is 52.6 cm³/mol. The molecule has 0 bridgehead atoms. The van der Waals surface area contributed by atoms with E-state index in [2.05, 4.69) is 0 Å². The fourth-order valence-electron chi connectivity index (χ4n) is 1.14. The lowest BCUT2D eigenvalue weighted by Gasteiger charge is -2.24. The number of carbonyl (C=O) groups is 2. The van der Waals surface area contributed by atoms with Crippen LogP contribution in [0.3, 0.4) is 0 Å². The topological polar surface area (TPSA) is 78.6 Å². The Morgan fingerprint density at radius 3 is 2.73 bits per heavy atom. The van der Waals surface area contributed by atoms with Crippen LogP contribution in [0.5, 0.6) is 0 Å². The Kier molecular flexibility index (Phi) is 3.14. The summed E-state index contributed by atoms with van der Waals surface area (Å²) in [7, 11) is 0. The van der Waals surface area contributed by atoms with Gasteiger partial charge in [-0.15, -0.1) is 0 Å². The maximum Gasteiger partial charge on any atom is 0.326 e. The largest absolute Gasteiger partial charge is 0.450 e. The standard InChI is InChI=1S/C10H15NO4/c1-4-7-5-8(12)10(3,14-7)15-9(13)6(2)11/h5-6H,4,11H2,1-3H3. The van der Waals surface area contributed by atoms with Gasteiger partial charge in [0.1, 0.15) is 11.8 Å². The maximum atomic E-state index is 11.5. The first-order chi connectivity index (χ1) is 6.89. The fourth-order valence-corrected chi connectivity index (χ4v) is 1.14. The van der Waals surface area contributed by atoms with Crippen molar-refractivity contribution < 1.29 is 19.1 Å². The molecule has 2 N–H and O–H groups in total. The van der Waals surface area contributed by atoms with Gasteiger partial charge in [0.05, 0.1) is 0 Å². The van der Waals surface area contributed by atoms with Gasteiger partial charge in [-0.05, 0) is 6.92 Å². The molecule has 0 saturated carbocycles. The van der Waals surface area contributed by atoms with Gasteiger partial charge in [-0.3, -0.25) is 9.59 Å². The Balaban J connectivity index is 2.71. The van der Waals surface area contributed by atoms with Crippen molar-refractivity contribution in [2.75, 3.05) is 0 Å². The zero-order valence-electron chi connectivity index (χ0n) is 9.07. The first kappa shape index (κ1) is 11.7. The molecule has 0 saturated heterocycles. The second-order valence-electron chi connectivity index (χ2n) is 3.59. The normalized spacial score (nSPS) is 26.9. The second kappa shape index (κ2) is 4.02. The van der Waals surface area contributed by atoms with E-state index < -0.39 is 17.8 Å². The van der Waals surface area contributed by atoms with Gasteiger partial charge in [-0.2, -0.15) is 0 Å². The summed E-state index contributed by atoms with van der Waals surface area (Å²) in [5, 5.41) is 0. The molecule has 1 heterocycles. The summed E-state index contributed by atoms with van der Waals surface area (Å²) in [5.74, 6) is -2.04. The summed E-state index contributed by atoms with van der Waals surface area (Å²) in [6.07, 6.45) is 1.92. The molecule has 5 heteroatoms. The number of rotatable bonds is 3. The first-order valence-electron chi connectivity index (χ1n) is 4.81. The van der Waals surface area contributed by atoms with Crippen molar-refractivity contribution >= 4 is 11.8 Å². The molecule has 1 aliphatic heterocycles. The Hall–Kier alpha value is -1.36. The number of carbonyl (C=O) groups excluding carboxylic acids is 2. The Bertz CT molecular complexity index is 321. The van der Waals surface area contributed by atoms with Crippen LogP contribution in [-0.2, 0) is 19.1 Å². The molecule has 1 aliphatic rings. The molecule has 1 rings (SSSR count). The monoisotopic (exact) mass is 213 g/mol. The maximum absolute atomic E-state index is 11.5. The Morgan fingerprint density at radius 1 is 1.73 bits per heavy atom. The molecule has 0 aromatic heterocycles. The predicted octanol–water partition coefficient (Wildman–Crippen LogP) is 0.486. The Labute approximate surface area is 88.2 Å². The van der Waals surface area contributed by atoms with E-state index in [4.69, 9.17) is 15.2 Å². The van der Waals surface area contributed by atoms with Gasteiger partial charge >= 0.3 is 11.8 Å². The van der Waals surface area contributed by atoms with Crippen molar-refractivity contribution in [2.45, 2.75) is 39.0 Å². The molecule has 0 spiro atoms. The van der Waals surface area contributed by atoms with Crippen molar-refractivity contribution in [3.63, 3.8) is 0 Å². The van der Waals surface area contributed by atoms with Gasteiger partial charge in [0, 0.05) is 19.4 Å². The lowest BCUT2D eigenvalue weighted by molar-refractivity contribution is -0.202. The zero-order chi connectivity index (χ0) is 11.6. The summed E-state index contributed by atoms with van der Waals surface area (Å²) in [5.41, 5.74) is 5.33. The lowest BCUT2D eigenvalue weighted by atomic mass is 10.2. The third-order valence-electron chi connectivity index (χ3n) is 2.08. The van der Waals surface area contributed by atoms with Crippen molar-refractivity contribution in [1.82, 2.24) is 0 Å². The third-order valence-corrected chi connectivity index (χ3v) is 2.08. The number of esters is 1. The first-order valence-corrected chi connectivity index (χ1v) is 4.81. The molecule has 0 fully saturated rings. The van der Waals surface area contributed by atoms with E-state index in [-0.39, 0.29) is 5.78 Å². The minimum absolute atomic E-state index is 0.367. The van der Waals surface area contributed by atoms with Crippen molar-refractivity contribution in [3.05, 3.63) is 11.8 Å². The van der Waals surface area contributed by atoms with Gasteiger partial charge in [-0.1, -0.05) is 6.92 Å². The SMILES string of the molecule is CCC1=CC(=O)C(C)(OC(=O)C(C)N)O1. The molecule has 84 valence electrons. The van der Waals surface area contributed by atoms with Gasteiger partial charge < -0.3 is 15.2 Å². The molecule has 0 radical (unpaired) electrons. The second-order valence-corrected chi connectivity index (χ2v) is 3.59. The highest BCUT2D eigenvalue weighted by atomic mass is 16.7. The minimum Gasteiger partial charge on any atom is -0.450 e. The van der Waals surface area contributed by atoms with Crippen LogP contribution in [-0.4, -0.2) is 23.6 Å². The zero-order valence-corrected chi connectivity index (χ0v) is 9.07. The van der Waals surface area contributed by atoms with Gasteiger partial charge in [0.15, 0.2) is 0 Å². The van der Waals surface area contributed by atoms with E-state index >= 15 is 0 Å². The van der Waals surface area contributed by atoms with Crippen LogP contribution in [0.4, 0.5) is 0 Å².